The molecule has 0 amide bonds. The number of hydrogen-bond donors (Lipinski definition) is 1. The highest BCUT2D eigenvalue weighted by atomic mass is 16.3. The molecule has 2 fully saturated rings. The highest BCUT2D eigenvalue weighted by molar-refractivity contribution is 5.34. The number of nitrogens with zero attached hydrogens (tertiary/aromatic N) is 4. The van der Waals surface area contributed by atoms with Gasteiger partial charge in [0.05, 0.1) is 12.1 Å². The number of hydrogen-bond acceptors (Lipinski definition) is 5. The second-order valence-electron chi connectivity index (χ2n) is 6.27. The van der Waals surface area contributed by atoms with Gasteiger partial charge < -0.3 is 14.9 Å². The van der Waals surface area contributed by atoms with Crippen molar-refractivity contribution in [2.45, 2.75) is 43.7 Å². The number of likely N-dealkylation sites (N-methyl/N-ethyl adjacent to an activating group) is 1. The van der Waals surface area contributed by atoms with E-state index in [0.29, 0.717) is 12.5 Å². The van der Waals surface area contributed by atoms with Crippen molar-refractivity contribution in [3.8, 4) is 0 Å². The molecule has 3 rings (SSSR count). The van der Waals surface area contributed by atoms with Crippen LogP contribution in [0, 0.1) is 0 Å². The van der Waals surface area contributed by atoms with Crippen LogP contribution in [0.2, 0.25) is 0 Å². The van der Waals surface area contributed by atoms with Crippen LogP contribution in [-0.2, 0) is 0 Å². The van der Waals surface area contributed by atoms with Gasteiger partial charge in [0.1, 0.15) is 0 Å². The van der Waals surface area contributed by atoms with Gasteiger partial charge in [-0.15, -0.1) is 0 Å². The molecule has 1 N–H and O–H groups in total. The summed E-state index contributed by atoms with van der Waals surface area (Å²) in [5, 5.41) is 10.1. The van der Waals surface area contributed by atoms with Crippen molar-refractivity contribution in [3.05, 3.63) is 18.0 Å². The van der Waals surface area contributed by atoms with Gasteiger partial charge in [-0.3, -0.25) is 0 Å². The topological polar surface area (TPSA) is 52.5 Å². The minimum Gasteiger partial charge on any atom is -0.390 e. The van der Waals surface area contributed by atoms with Gasteiger partial charge in [0.15, 0.2) is 0 Å². The summed E-state index contributed by atoms with van der Waals surface area (Å²) in [6.07, 6.45) is 6.66. The standard InChI is InChI=1S/C15H24N4O/c1-18(2)13-9-19(10-14(13)20)15-16-8-7-12(17-15)11-5-3-4-6-11/h7-8,11,13-14,20H,3-6,9-10H2,1-2H3/t13-,14-/m1/s1. The molecule has 1 aromatic heterocycles. The fourth-order valence-electron chi connectivity index (χ4n) is 3.40. The van der Waals surface area contributed by atoms with E-state index in [2.05, 4.69) is 20.9 Å². The van der Waals surface area contributed by atoms with Crippen LogP contribution < -0.4 is 4.90 Å². The van der Waals surface area contributed by atoms with Crippen LogP contribution in [-0.4, -0.2) is 59.3 Å². The van der Waals surface area contributed by atoms with Crippen LogP contribution in [0.1, 0.15) is 37.3 Å². The smallest absolute Gasteiger partial charge is 0.225 e. The fraction of sp³-hybridized carbons (Fsp3) is 0.733. The van der Waals surface area contributed by atoms with Crippen molar-refractivity contribution in [1.29, 1.82) is 0 Å². The number of aromatic nitrogens is 2. The SMILES string of the molecule is CN(C)[C@@H]1CN(c2nccc(C3CCCC3)n2)C[C@H]1O. The Balaban J connectivity index is 1.76. The summed E-state index contributed by atoms with van der Waals surface area (Å²) in [7, 11) is 4.01. The van der Waals surface area contributed by atoms with Gasteiger partial charge in [-0.05, 0) is 33.0 Å². The van der Waals surface area contributed by atoms with Crippen molar-refractivity contribution < 1.29 is 5.11 Å². The molecule has 1 aliphatic heterocycles. The molecule has 2 atom stereocenters. The third-order valence-corrected chi connectivity index (χ3v) is 4.64. The molecule has 5 nitrogen and oxygen atoms in total. The second kappa shape index (κ2) is 5.66. The minimum atomic E-state index is -0.330. The van der Waals surface area contributed by atoms with Gasteiger partial charge in [-0.25, -0.2) is 9.97 Å². The van der Waals surface area contributed by atoms with Crippen molar-refractivity contribution in [3.63, 3.8) is 0 Å². The maximum absolute atomic E-state index is 10.1. The van der Waals surface area contributed by atoms with Crippen LogP contribution in [0.5, 0.6) is 0 Å². The van der Waals surface area contributed by atoms with Crippen LogP contribution in [0.3, 0.4) is 0 Å². The van der Waals surface area contributed by atoms with Gasteiger partial charge in [-0.1, -0.05) is 12.8 Å². The van der Waals surface area contributed by atoms with Crippen LogP contribution >= 0.6 is 0 Å². The largest absolute Gasteiger partial charge is 0.390 e. The zero-order valence-electron chi connectivity index (χ0n) is 12.4. The van der Waals surface area contributed by atoms with E-state index in [-0.39, 0.29) is 12.1 Å². The van der Waals surface area contributed by atoms with Crippen molar-refractivity contribution in [1.82, 2.24) is 14.9 Å². The zero-order chi connectivity index (χ0) is 14.1. The zero-order valence-corrected chi connectivity index (χ0v) is 12.4. The first-order chi connectivity index (χ1) is 9.65. The highest BCUT2D eigenvalue weighted by Crippen LogP contribution is 2.33. The normalized spacial score (nSPS) is 27.7. The van der Waals surface area contributed by atoms with Gasteiger partial charge >= 0.3 is 0 Å². The average Bonchev–Trinajstić information content (AvgIpc) is 3.08. The lowest BCUT2D eigenvalue weighted by molar-refractivity contribution is 0.114. The molecule has 110 valence electrons. The molecule has 5 heteroatoms. The Morgan fingerprint density at radius 3 is 2.65 bits per heavy atom. The van der Waals surface area contributed by atoms with Crippen molar-refractivity contribution in [2.24, 2.45) is 0 Å². The van der Waals surface area contributed by atoms with Gasteiger partial charge in [0.25, 0.3) is 0 Å². The monoisotopic (exact) mass is 276 g/mol. The Morgan fingerprint density at radius 2 is 2.00 bits per heavy atom. The lowest BCUT2D eigenvalue weighted by atomic mass is 10.0. The lowest BCUT2D eigenvalue weighted by Gasteiger charge is -2.21. The lowest BCUT2D eigenvalue weighted by Crippen LogP contribution is -2.38. The molecule has 1 saturated heterocycles. The summed E-state index contributed by atoms with van der Waals surface area (Å²) in [5.74, 6) is 1.38. The third-order valence-electron chi connectivity index (χ3n) is 4.64. The van der Waals surface area contributed by atoms with Crippen molar-refractivity contribution >= 4 is 5.95 Å². The first-order valence-corrected chi connectivity index (χ1v) is 7.57. The molecular formula is C15H24N4O. The maximum Gasteiger partial charge on any atom is 0.225 e. The Bertz CT molecular complexity index is 459. The number of aliphatic hydroxyl groups excluding tert-OH is 1. The van der Waals surface area contributed by atoms with E-state index in [1.807, 2.05) is 20.3 Å². The molecule has 0 spiro atoms. The highest BCUT2D eigenvalue weighted by Gasteiger charge is 2.34. The molecule has 0 aromatic carbocycles. The van der Waals surface area contributed by atoms with Crippen LogP contribution in [0.25, 0.3) is 0 Å². The summed E-state index contributed by atoms with van der Waals surface area (Å²) < 4.78 is 0. The predicted molar refractivity (Wildman–Crippen MR) is 78.9 cm³/mol. The van der Waals surface area contributed by atoms with Gasteiger partial charge in [0, 0.05) is 30.9 Å². The Kier molecular flexibility index (Phi) is 3.89. The molecule has 2 heterocycles. The fourth-order valence-corrected chi connectivity index (χ4v) is 3.40. The number of aliphatic hydroxyl groups is 1. The first kappa shape index (κ1) is 13.8. The van der Waals surface area contributed by atoms with E-state index >= 15 is 0 Å². The van der Waals surface area contributed by atoms with E-state index in [0.717, 1.165) is 12.5 Å². The molecule has 2 aliphatic rings. The van der Waals surface area contributed by atoms with Crippen molar-refractivity contribution in [2.75, 3.05) is 32.1 Å². The molecule has 20 heavy (non-hydrogen) atoms. The van der Waals surface area contributed by atoms with Gasteiger partial charge in [-0.2, -0.15) is 0 Å². The average molecular weight is 276 g/mol. The number of rotatable bonds is 3. The van der Waals surface area contributed by atoms with E-state index in [1.165, 1.54) is 31.4 Å². The molecule has 1 saturated carbocycles. The molecular weight excluding hydrogens is 252 g/mol. The van der Waals surface area contributed by atoms with Crippen LogP contribution in [0.4, 0.5) is 5.95 Å². The Labute approximate surface area is 120 Å². The predicted octanol–water partition coefficient (Wildman–Crippen LogP) is 1.25. The third kappa shape index (κ3) is 2.65. The second-order valence-corrected chi connectivity index (χ2v) is 6.27. The Hall–Kier alpha value is -1.20. The molecule has 0 bridgehead atoms. The van der Waals surface area contributed by atoms with E-state index in [4.69, 9.17) is 4.98 Å². The summed E-state index contributed by atoms with van der Waals surface area (Å²) >= 11 is 0. The maximum atomic E-state index is 10.1. The van der Waals surface area contributed by atoms with Crippen LogP contribution in [0.15, 0.2) is 12.3 Å². The summed E-state index contributed by atoms with van der Waals surface area (Å²) in [4.78, 5) is 13.3. The molecule has 1 aromatic rings. The summed E-state index contributed by atoms with van der Waals surface area (Å²) in [6.45, 7) is 1.42. The number of β-amino-alcohol motifs (C(OH)–C–C–N with tert-alkyl or cyclic N) is 1. The quantitative estimate of drug-likeness (QED) is 0.900. The molecule has 1 aliphatic carbocycles. The van der Waals surface area contributed by atoms with Gasteiger partial charge in [0.2, 0.25) is 5.95 Å². The van der Waals surface area contributed by atoms with E-state index < -0.39 is 0 Å². The minimum absolute atomic E-state index is 0.161. The molecule has 0 unspecified atom stereocenters. The molecule has 0 radical (unpaired) electrons. The first-order valence-electron chi connectivity index (χ1n) is 7.57. The van der Waals surface area contributed by atoms with E-state index in [9.17, 15) is 5.11 Å². The number of anilines is 1. The summed E-state index contributed by atoms with van der Waals surface area (Å²) in [6, 6.07) is 2.21. The van der Waals surface area contributed by atoms with E-state index in [1.54, 1.807) is 0 Å². The Morgan fingerprint density at radius 1 is 1.25 bits per heavy atom. The summed E-state index contributed by atoms with van der Waals surface area (Å²) in [5.41, 5.74) is 1.18.